The summed E-state index contributed by atoms with van der Waals surface area (Å²) < 4.78 is 0. The van der Waals surface area contributed by atoms with E-state index >= 15 is 0 Å². The minimum Gasteiger partial charge on any atom is -0.236 e. The van der Waals surface area contributed by atoms with Gasteiger partial charge in [0.05, 0.1) is 13.2 Å². The minimum atomic E-state index is 0.359. The molecule has 0 aromatic rings. The average Bonchev–Trinajstić information content (AvgIpc) is 2.43. The SMILES string of the molecule is CCCCC(COOCC(CCCC)CC(C)(C)C)CC(C)(C)C. The summed E-state index contributed by atoms with van der Waals surface area (Å²) in [4.78, 5) is 11.3. The van der Waals surface area contributed by atoms with Crippen LogP contribution in [0.3, 0.4) is 0 Å². The molecule has 2 heteroatoms. The van der Waals surface area contributed by atoms with Gasteiger partial charge in [-0.1, -0.05) is 81.1 Å². The highest BCUT2D eigenvalue weighted by Crippen LogP contribution is 2.29. The summed E-state index contributed by atoms with van der Waals surface area (Å²) in [6.07, 6.45) is 9.99. The predicted molar refractivity (Wildman–Crippen MR) is 106 cm³/mol. The fourth-order valence-electron chi connectivity index (χ4n) is 3.49. The average molecular weight is 343 g/mol. The van der Waals surface area contributed by atoms with E-state index in [4.69, 9.17) is 9.78 Å². The first-order chi connectivity index (χ1) is 11.1. The fraction of sp³-hybridized carbons (Fsp3) is 1.00. The Labute approximate surface area is 153 Å². The normalized spacial score (nSPS) is 15.5. The van der Waals surface area contributed by atoms with Crippen molar-refractivity contribution in [2.24, 2.45) is 22.7 Å². The van der Waals surface area contributed by atoms with Gasteiger partial charge in [0.15, 0.2) is 0 Å². The monoisotopic (exact) mass is 342 g/mol. The van der Waals surface area contributed by atoms with Crippen molar-refractivity contribution in [3.8, 4) is 0 Å². The highest BCUT2D eigenvalue weighted by atomic mass is 17.2. The van der Waals surface area contributed by atoms with Gasteiger partial charge in [0.2, 0.25) is 0 Å². The molecule has 0 saturated heterocycles. The second-order valence-electron chi connectivity index (χ2n) is 10.1. The van der Waals surface area contributed by atoms with Crippen molar-refractivity contribution in [3.63, 3.8) is 0 Å². The first kappa shape index (κ1) is 23.9. The van der Waals surface area contributed by atoms with E-state index < -0.39 is 0 Å². The van der Waals surface area contributed by atoms with Crippen LogP contribution in [0.4, 0.5) is 0 Å². The zero-order valence-electron chi connectivity index (χ0n) is 18.0. The molecule has 0 rings (SSSR count). The Morgan fingerprint density at radius 2 is 0.958 bits per heavy atom. The summed E-state index contributed by atoms with van der Waals surface area (Å²) in [6.45, 7) is 19.9. The smallest absolute Gasteiger partial charge is 0.0850 e. The zero-order chi connectivity index (χ0) is 18.6. The molecule has 0 aromatic carbocycles. The summed E-state index contributed by atoms with van der Waals surface area (Å²) in [6, 6.07) is 0. The molecule has 0 N–H and O–H groups in total. The molecule has 0 aliphatic rings. The van der Waals surface area contributed by atoms with Crippen LogP contribution in [0.1, 0.15) is 107 Å². The van der Waals surface area contributed by atoms with Crippen LogP contribution in [0.5, 0.6) is 0 Å². The maximum atomic E-state index is 5.66. The van der Waals surface area contributed by atoms with Gasteiger partial charge in [0, 0.05) is 0 Å². The van der Waals surface area contributed by atoms with Crippen molar-refractivity contribution in [2.75, 3.05) is 13.2 Å². The predicted octanol–water partition coefficient (Wildman–Crippen LogP) is 7.42. The lowest BCUT2D eigenvalue weighted by atomic mass is 9.83. The molecule has 2 unspecified atom stereocenters. The van der Waals surface area contributed by atoms with Crippen molar-refractivity contribution >= 4 is 0 Å². The van der Waals surface area contributed by atoms with Crippen LogP contribution in [0, 0.1) is 22.7 Å². The van der Waals surface area contributed by atoms with Crippen molar-refractivity contribution in [2.45, 2.75) is 107 Å². The molecule has 0 aliphatic heterocycles. The van der Waals surface area contributed by atoms with Crippen LogP contribution in [-0.2, 0) is 9.78 Å². The molecule has 0 fully saturated rings. The Bertz CT molecular complexity index is 255. The molecular weight excluding hydrogens is 296 g/mol. The van der Waals surface area contributed by atoms with Gasteiger partial charge >= 0.3 is 0 Å². The van der Waals surface area contributed by atoms with E-state index in [1.165, 1.54) is 51.4 Å². The van der Waals surface area contributed by atoms with Gasteiger partial charge in [-0.05, 0) is 48.3 Å². The molecule has 0 saturated carbocycles. The summed E-state index contributed by atoms with van der Waals surface area (Å²) in [5.41, 5.74) is 0.718. The molecule has 0 bridgehead atoms. The van der Waals surface area contributed by atoms with Crippen LogP contribution in [0.15, 0.2) is 0 Å². The number of hydrogen-bond acceptors (Lipinski definition) is 2. The fourth-order valence-corrected chi connectivity index (χ4v) is 3.49. The van der Waals surface area contributed by atoms with E-state index in [1.807, 2.05) is 0 Å². The molecule has 0 aromatic heterocycles. The first-order valence-electron chi connectivity index (χ1n) is 10.3. The van der Waals surface area contributed by atoms with Gasteiger partial charge in [-0.15, -0.1) is 0 Å². The molecule has 146 valence electrons. The van der Waals surface area contributed by atoms with Gasteiger partial charge in [-0.2, -0.15) is 0 Å². The van der Waals surface area contributed by atoms with Crippen molar-refractivity contribution in [3.05, 3.63) is 0 Å². The third kappa shape index (κ3) is 15.4. The minimum absolute atomic E-state index is 0.359. The number of unbranched alkanes of at least 4 members (excludes halogenated alkanes) is 2. The molecule has 2 atom stereocenters. The van der Waals surface area contributed by atoms with Crippen LogP contribution in [-0.4, -0.2) is 13.2 Å². The summed E-state index contributed by atoms with van der Waals surface area (Å²) >= 11 is 0. The van der Waals surface area contributed by atoms with Gasteiger partial charge in [0.1, 0.15) is 0 Å². The highest BCUT2D eigenvalue weighted by Gasteiger charge is 2.21. The Hall–Kier alpha value is -0.0800. The van der Waals surface area contributed by atoms with E-state index in [0.717, 1.165) is 13.2 Å². The first-order valence-corrected chi connectivity index (χ1v) is 10.3. The van der Waals surface area contributed by atoms with E-state index in [-0.39, 0.29) is 0 Å². The lowest BCUT2D eigenvalue weighted by Crippen LogP contribution is -2.21. The Morgan fingerprint density at radius 1 is 0.625 bits per heavy atom. The summed E-state index contributed by atoms with van der Waals surface area (Å²) in [5, 5.41) is 0. The molecule has 24 heavy (non-hydrogen) atoms. The quantitative estimate of drug-likeness (QED) is 0.197. The van der Waals surface area contributed by atoms with E-state index in [0.29, 0.717) is 22.7 Å². The maximum absolute atomic E-state index is 5.66. The van der Waals surface area contributed by atoms with Crippen LogP contribution >= 0.6 is 0 Å². The third-order valence-electron chi connectivity index (χ3n) is 4.42. The lowest BCUT2D eigenvalue weighted by molar-refractivity contribution is -0.310. The zero-order valence-corrected chi connectivity index (χ0v) is 18.0. The van der Waals surface area contributed by atoms with Crippen LogP contribution < -0.4 is 0 Å². The van der Waals surface area contributed by atoms with E-state index in [1.54, 1.807) is 0 Å². The molecule has 0 radical (unpaired) electrons. The molecule has 2 nitrogen and oxygen atoms in total. The van der Waals surface area contributed by atoms with Crippen LogP contribution in [0.2, 0.25) is 0 Å². The van der Waals surface area contributed by atoms with E-state index in [2.05, 4.69) is 55.4 Å². The largest absolute Gasteiger partial charge is 0.236 e. The van der Waals surface area contributed by atoms with Crippen molar-refractivity contribution in [1.29, 1.82) is 0 Å². The number of hydrogen-bond donors (Lipinski definition) is 0. The molecule has 0 spiro atoms. The van der Waals surface area contributed by atoms with Crippen molar-refractivity contribution < 1.29 is 9.78 Å². The Morgan fingerprint density at radius 3 is 1.21 bits per heavy atom. The summed E-state index contributed by atoms with van der Waals surface area (Å²) in [7, 11) is 0. The summed E-state index contributed by atoms with van der Waals surface area (Å²) in [5.74, 6) is 1.23. The molecule has 0 amide bonds. The Kier molecular flexibility index (Phi) is 12.3. The van der Waals surface area contributed by atoms with Gasteiger partial charge in [-0.3, -0.25) is 0 Å². The van der Waals surface area contributed by atoms with E-state index in [9.17, 15) is 0 Å². The van der Waals surface area contributed by atoms with Gasteiger partial charge in [0.25, 0.3) is 0 Å². The second-order valence-corrected chi connectivity index (χ2v) is 10.1. The third-order valence-corrected chi connectivity index (χ3v) is 4.42. The molecular formula is C22H46O2. The molecule has 0 heterocycles. The second kappa shape index (κ2) is 12.3. The highest BCUT2D eigenvalue weighted by molar-refractivity contribution is 4.70. The van der Waals surface area contributed by atoms with Crippen molar-refractivity contribution in [1.82, 2.24) is 0 Å². The molecule has 0 aliphatic carbocycles. The lowest BCUT2D eigenvalue weighted by Gasteiger charge is -2.27. The van der Waals surface area contributed by atoms with Crippen LogP contribution in [0.25, 0.3) is 0 Å². The standard InChI is InChI=1S/C22H46O2/c1-9-11-13-19(15-21(3,4)5)17-23-24-18-20(14-12-10-2)16-22(6,7)8/h19-20H,9-18H2,1-8H3. The number of rotatable bonds is 13. The Balaban J connectivity index is 4.24. The topological polar surface area (TPSA) is 18.5 Å². The maximum Gasteiger partial charge on any atom is 0.0850 e. The van der Waals surface area contributed by atoms with Gasteiger partial charge < -0.3 is 0 Å². The van der Waals surface area contributed by atoms with Gasteiger partial charge in [-0.25, -0.2) is 9.78 Å².